The van der Waals surface area contributed by atoms with Gasteiger partial charge in [-0.1, -0.05) is 32.0 Å². The molecule has 11 heteroatoms. The number of benzene rings is 2. The molecule has 2 amide bonds. The maximum atomic E-state index is 13.7. The van der Waals surface area contributed by atoms with Crippen LogP contribution >= 0.6 is 0 Å². The van der Waals surface area contributed by atoms with Crippen LogP contribution in [0.15, 0.2) is 54.4 Å². The van der Waals surface area contributed by atoms with Crippen LogP contribution in [0.2, 0.25) is 0 Å². The Morgan fingerprint density at radius 3 is 2.21 bits per heavy atom. The molecule has 0 aliphatic carbocycles. The van der Waals surface area contributed by atoms with Gasteiger partial charge in [-0.25, -0.2) is 3.97 Å². The zero-order chi connectivity index (χ0) is 28.7. The topological polar surface area (TPSA) is 110 Å². The van der Waals surface area contributed by atoms with Crippen LogP contribution in [0.5, 0.6) is 11.5 Å². The van der Waals surface area contributed by atoms with Gasteiger partial charge >= 0.3 is 10.2 Å². The van der Waals surface area contributed by atoms with E-state index in [0.29, 0.717) is 41.1 Å². The van der Waals surface area contributed by atoms with Gasteiger partial charge in [0.05, 0.1) is 19.7 Å². The van der Waals surface area contributed by atoms with Crippen molar-refractivity contribution in [3.8, 4) is 11.5 Å². The van der Waals surface area contributed by atoms with E-state index in [-0.39, 0.29) is 17.2 Å². The van der Waals surface area contributed by atoms with Crippen LogP contribution in [0.4, 0.5) is 0 Å². The lowest BCUT2D eigenvalue weighted by Crippen LogP contribution is -2.39. The van der Waals surface area contributed by atoms with Crippen molar-refractivity contribution >= 4 is 39.0 Å². The standard InChI is InChI=1S/C28H36N4O6S/c1-7-15-31(16-8-2)28(34)23(29-27(33)20-13-14-25(37-5)26(18-20)38-6)17-21-19-32(39(35,36)30(3)4)24-12-10-9-11-22(21)24/h9-14,17-19H,7-8,15-16H2,1-6H3,(H,29,33)/b23-17-. The minimum atomic E-state index is -3.84. The molecule has 10 nitrogen and oxygen atoms in total. The first-order valence-electron chi connectivity index (χ1n) is 12.7. The largest absolute Gasteiger partial charge is 0.493 e. The van der Waals surface area contributed by atoms with E-state index < -0.39 is 16.1 Å². The molecule has 2 aromatic carbocycles. The molecule has 1 N–H and O–H groups in total. The number of nitrogens with zero attached hydrogens (tertiary/aromatic N) is 3. The van der Waals surface area contributed by atoms with Crippen molar-refractivity contribution in [1.29, 1.82) is 0 Å². The maximum Gasteiger partial charge on any atom is 0.307 e. The minimum Gasteiger partial charge on any atom is -0.493 e. The number of para-hydroxylation sites is 1. The highest BCUT2D eigenvalue weighted by atomic mass is 32.2. The summed E-state index contributed by atoms with van der Waals surface area (Å²) in [4.78, 5) is 28.8. The van der Waals surface area contributed by atoms with Crippen LogP contribution < -0.4 is 14.8 Å². The Bertz CT molecular complexity index is 1470. The molecule has 0 spiro atoms. The van der Waals surface area contributed by atoms with E-state index in [9.17, 15) is 18.0 Å². The number of ether oxygens (including phenoxy) is 2. The predicted octanol–water partition coefficient (Wildman–Crippen LogP) is 3.73. The van der Waals surface area contributed by atoms with Crippen molar-refractivity contribution in [2.75, 3.05) is 41.4 Å². The maximum absolute atomic E-state index is 13.7. The molecule has 0 unspecified atom stereocenters. The highest BCUT2D eigenvalue weighted by Crippen LogP contribution is 2.28. The zero-order valence-electron chi connectivity index (χ0n) is 23.2. The highest BCUT2D eigenvalue weighted by molar-refractivity contribution is 7.87. The van der Waals surface area contributed by atoms with E-state index in [1.165, 1.54) is 50.6 Å². The van der Waals surface area contributed by atoms with E-state index in [2.05, 4.69) is 5.32 Å². The molecule has 0 saturated heterocycles. The monoisotopic (exact) mass is 556 g/mol. The summed E-state index contributed by atoms with van der Waals surface area (Å²) in [6.45, 7) is 4.96. The molecule has 3 rings (SSSR count). The van der Waals surface area contributed by atoms with Gasteiger partial charge in [0.1, 0.15) is 5.70 Å². The number of hydrogen-bond acceptors (Lipinski definition) is 6. The fourth-order valence-electron chi connectivity index (χ4n) is 4.16. The lowest BCUT2D eigenvalue weighted by Gasteiger charge is -2.23. The Morgan fingerprint density at radius 2 is 1.62 bits per heavy atom. The Balaban J connectivity index is 2.16. The van der Waals surface area contributed by atoms with E-state index in [1.54, 1.807) is 41.3 Å². The number of aromatic nitrogens is 1. The number of nitrogens with one attached hydrogen (secondary N) is 1. The van der Waals surface area contributed by atoms with Crippen LogP contribution in [0.3, 0.4) is 0 Å². The molecule has 1 aromatic heterocycles. The fraction of sp³-hybridized carbons (Fsp3) is 0.357. The molecule has 0 radical (unpaired) electrons. The summed E-state index contributed by atoms with van der Waals surface area (Å²) >= 11 is 0. The first kappa shape index (κ1) is 29.7. The van der Waals surface area contributed by atoms with Crippen molar-refractivity contribution in [1.82, 2.24) is 18.5 Å². The highest BCUT2D eigenvalue weighted by Gasteiger charge is 2.24. The van der Waals surface area contributed by atoms with Crippen molar-refractivity contribution in [2.24, 2.45) is 0 Å². The Morgan fingerprint density at radius 1 is 0.974 bits per heavy atom. The van der Waals surface area contributed by atoms with E-state index >= 15 is 0 Å². The summed E-state index contributed by atoms with van der Waals surface area (Å²) in [5.41, 5.74) is 1.22. The van der Waals surface area contributed by atoms with Gasteiger partial charge in [-0.05, 0) is 43.2 Å². The van der Waals surface area contributed by atoms with Crippen molar-refractivity contribution in [3.63, 3.8) is 0 Å². The van der Waals surface area contributed by atoms with Gasteiger partial charge in [-0.15, -0.1) is 0 Å². The summed E-state index contributed by atoms with van der Waals surface area (Å²) in [5, 5.41) is 3.39. The molecule has 210 valence electrons. The van der Waals surface area contributed by atoms with Crippen LogP contribution in [-0.2, 0) is 15.0 Å². The van der Waals surface area contributed by atoms with Gasteiger partial charge in [0.15, 0.2) is 11.5 Å². The lowest BCUT2D eigenvalue weighted by molar-refractivity contribution is -0.127. The van der Waals surface area contributed by atoms with Gasteiger partial charge in [0, 0.05) is 49.9 Å². The van der Waals surface area contributed by atoms with E-state index in [4.69, 9.17) is 9.47 Å². The molecule has 0 bridgehead atoms. The minimum absolute atomic E-state index is 0.0295. The van der Waals surface area contributed by atoms with Crippen molar-refractivity contribution < 1.29 is 27.5 Å². The molecule has 39 heavy (non-hydrogen) atoms. The number of rotatable bonds is 12. The van der Waals surface area contributed by atoms with Gasteiger partial charge in [0.2, 0.25) is 0 Å². The summed E-state index contributed by atoms with van der Waals surface area (Å²) in [5.74, 6) is -0.0431. The molecule has 3 aromatic rings. The SMILES string of the molecule is CCCN(CCC)C(=O)/C(=C/c1cn(S(=O)(=O)N(C)C)c2ccccc12)NC(=O)c1ccc(OC)c(OC)c1. The number of carbonyl (C=O) groups is 2. The number of hydrogen-bond donors (Lipinski definition) is 1. The third-order valence-corrected chi connectivity index (χ3v) is 7.84. The van der Waals surface area contributed by atoms with Crippen molar-refractivity contribution in [3.05, 3.63) is 65.5 Å². The molecule has 0 saturated carbocycles. The molecular weight excluding hydrogens is 520 g/mol. The zero-order valence-corrected chi connectivity index (χ0v) is 24.0. The van der Waals surface area contributed by atoms with Crippen LogP contribution in [0, 0.1) is 0 Å². The fourth-order valence-corrected chi connectivity index (χ4v) is 5.17. The second-order valence-corrected chi connectivity index (χ2v) is 11.1. The molecule has 1 heterocycles. The third-order valence-electron chi connectivity index (χ3n) is 6.12. The average Bonchev–Trinajstić information content (AvgIpc) is 3.30. The summed E-state index contributed by atoms with van der Waals surface area (Å²) in [7, 11) is 2.03. The quantitative estimate of drug-likeness (QED) is 0.341. The Hall–Kier alpha value is -3.83. The second-order valence-electron chi connectivity index (χ2n) is 9.06. The number of methoxy groups -OCH3 is 2. The normalized spacial score (nSPS) is 12.0. The van der Waals surface area contributed by atoms with Gasteiger partial charge in [0.25, 0.3) is 11.8 Å². The average molecular weight is 557 g/mol. The lowest BCUT2D eigenvalue weighted by atomic mass is 10.1. The first-order valence-corrected chi connectivity index (χ1v) is 14.1. The van der Waals surface area contributed by atoms with Crippen molar-refractivity contribution in [2.45, 2.75) is 26.7 Å². The Kier molecular flexibility index (Phi) is 9.76. The number of carbonyl (C=O) groups excluding carboxylic acids is 2. The number of fused-ring (bicyclic) bond motifs is 1. The third kappa shape index (κ3) is 6.43. The van der Waals surface area contributed by atoms with Gasteiger partial charge < -0.3 is 19.7 Å². The Labute approximate surface area is 230 Å². The van der Waals surface area contributed by atoms with Gasteiger partial charge in [-0.2, -0.15) is 12.7 Å². The second kappa shape index (κ2) is 12.8. The molecule has 0 fully saturated rings. The predicted molar refractivity (Wildman–Crippen MR) is 152 cm³/mol. The molecule has 0 atom stereocenters. The van der Waals surface area contributed by atoms with Gasteiger partial charge in [-0.3, -0.25) is 9.59 Å². The first-order chi connectivity index (χ1) is 18.6. The summed E-state index contributed by atoms with van der Waals surface area (Å²) in [6, 6.07) is 11.7. The smallest absolute Gasteiger partial charge is 0.307 e. The number of amides is 2. The molecule has 0 aliphatic rings. The van der Waals surface area contributed by atoms with Crippen LogP contribution in [0.25, 0.3) is 17.0 Å². The van der Waals surface area contributed by atoms with E-state index in [0.717, 1.165) is 17.1 Å². The molecule has 0 aliphatic heterocycles. The molecular formula is C28H36N4O6S. The summed E-state index contributed by atoms with van der Waals surface area (Å²) < 4.78 is 38.9. The van der Waals surface area contributed by atoms with Crippen LogP contribution in [-0.4, -0.2) is 74.8 Å². The summed E-state index contributed by atoms with van der Waals surface area (Å²) in [6.07, 6.45) is 4.47. The van der Waals surface area contributed by atoms with E-state index in [1.807, 2.05) is 13.8 Å². The van der Waals surface area contributed by atoms with Crippen LogP contribution in [0.1, 0.15) is 42.6 Å².